The van der Waals surface area contributed by atoms with Gasteiger partial charge >= 0.3 is 0 Å². The van der Waals surface area contributed by atoms with Crippen molar-refractivity contribution in [3.8, 4) is 11.5 Å². The molecule has 1 amide bonds. The van der Waals surface area contributed by atoms with Crippen LogP contribution in [0.3, 0.4) is 0 Å². The van der Waals surface area contributed by atoms with Crippen LogP contribution in [0.5, 0.6) is 11.5 Å². The second-order valence-electron chi connectivity index (χ2n) is 6.51. The lowest BCUT2D eigenvalue weighted by molar-refractivity contribution is -0.122. The van der Waals surface area contributed by atoms with Gasteiger partial charge in [0.1, 0.15) is 11.5 Å². The summed E-state index contributed by atoms with van der Waals surface area (Å²) in [5.41, 5.74) is 3.85. The largest absolute Gasteiger partial charge is 0.497 e. The molecular formula is C23H23N3O4. The van der Waals surface area contributed by atoms with Crippen molar-refractivity contribution in [1.82, 2.24) is 10.3 Å². The molecule has 0 saturated heterocycles. The number of hydrogen-bond acceptors (Lipinski definition) is 6. The maximum Gasteiger partial charge on any atom is 0.250 e. The number of carbonyl (C=O) groups is 2. The van der Waals surface area contributed by atoms with E-state index in [1.54, 1.807) is 74.0 Å². The van der Waals surface area contributed by atoms with Gasteiger partial charge in [-0.1, -0.05) is 42.5 Å². The molecule has 0 fully saturated rings. The fraction of sp³-hybridized carbons (Fsp3) is 0.174. The van der Waals surface area contributed by atoms with Gasteiger partial charge in [0.25, 0.3) is 5.91 Å². The Morgan fingerprint density at radius 3 is 2.47 bits per heavy atom. The Kier molecular flexibility index (Phi) is 7.00. The minimum Gasteiger partial charge on any atom is -0.497 e. The van der Waals surface area contributed by atoms with Crippen LogP contribution < -0.4 is 14.9 Å². The number of rotatable bonds is 8. The number of Topliss-reactive ketones (excluding diaryl/α,β-unsaturated/α-hetero) is 1. The van der Waals surface area contributed by atoms with Crippen LogP contribution in [0.2, 0.25) is 0 Å². The smallest absolute Gasteiger partial charge is 0.250 e. The monoisotopic (exact) mass is 405 g/mol. The standard InChI is InChI=1S/C23H23N3O4/c1-29-20-8-9-22(30-2)19(14-20)15-24-25-23(28)18-10-12-26(13-11-18)16-21(27)17-6-4-3-5-7-17/h3-15,18H,16H2,1-2H3,(H,25,28). The highest BCUT2D eigenvalue weighted by atomic mass is 16.5. The summed E-state index contributed by atoms with van der Waals surface area (Å²) >= 11 is 0. The van der Waals surface area contributed by atoms with Crippen molar-refractivity contribution in [3.63, 3.8) is 0 Å². The summed E-state index contributed by atoms with van der Waals surface area (Å²) in [5.74, 6) is 0.522. The number of nitrogens with zero attached hydrogens (tertiary/aromatic N) is 2. The molecule has 0 atom stereocenters. The molecule has 0 aliphatic carbocycles. The summed E-state index contributed by atoms with van der Waals surface area (Å²) in [6.07, 6.45) is 8.38. The van der Waals surface area contributed by atoms with Gasteiger partial charge in [0.15, 0.2) is 5.78 Å². The minimum absolute atomic E-state index is 0.00429. The number of carbonyl (C=O) groups excluding carboxylic acids is 2. The Bertz CT molecular complexity index is 969. The first kappa shape index (κ1) is 20.9. The first-order valence-corrected chi connectivity index (χ1v) is 9.36. The van der Waals surface area contributed by atoms with Crippen LogP contribution in [-0.2, 0) is 4.79 Å². The highest BCUT2D eigenvalue weighted by molar-refractivity contribution is 5.97. The Labute approximate surface area is 175 Å². The number of hydrazone groups is 1. The highest BCUT2D eigenvalue weighted by Crippen LogP contribution is 2.22. The fourth-order valence-electron chi connectivity index (χ4n) is 2.86. The third-order valence-electron chi connectivity index (χ3n) is 4.51. The number of ketones is 1. The van der Waals surface area contributed by atoms with Gasteiger partial charge in [0.05, 0.1) is 32.9 Å². The molecule has 7 heteroatoms. The molecular weight excluding hydrogens is 382 g/mol. The molecule has 0 radical (unpaired) electrons. The fourth-order valence-corrected chi connectivity index (χ4v) is 2.86. The zero-order chi connectivity index (χ0) is 21.3. The summed E-state index contributed by atoms with van der Waals surface area (Å²) < 4.78 is 10.5. The number of amides is 1. The summed E-state index contributed by atoms with van der Waals surface area (Å²) in [4.78, 5) is 26.4. The van der Waals surface area contributed by atoms with E-state index in [2.05, 4.69) is 10.5 Å². The van der Waals surface area contributed by atoms with E-state index in [1.165, 1.54) is 6.21 Å². The lowest BCUT2D eigenvalue weighted by Crippen LogP contribution is -2.28. The molecule has 0 unspecified atom stereocenters. The van der Waals surface area contributed by atoms with Gasteiger partial charge < -0.3 is 14.4 Å². The van der Waals surface area contributed by atoms with Crippen molar-refractivity contribution in [1.29, 1.82) is 0 Å². The summed E-state index contributed by atoms with van der Waals surface area (Å²) in [5, 5.41) is 4.01. The molecule has 2 aromatic rings. The average Bonchev–Trinajstić information content (AvgIpc) is 2.80. The van der Waals surface area contributed by atoms with Crippen LogP contribution in [0.4, 0.5) is 0 Å². The minimum atomic E-state index is -0.475. The van der Waals surface area contributed by atoms with E-state index in [4.69, 9.17) is 9.47 Å². The molecule has 1 N–H and O–H groups in total. The second-order valence-corrected chi connectivity index (χ2v) is 6.51. The van der Waals surface area contributed by atoms with Crippen LogP contribution in [0.1, 0.15) is 15.9 Å². The van der Waals surface area contributed by atoms with Crippen LogP contribution >= 0.6 is 0 Å². The zero-order valence-electron chi connectivity index (χ0n) is 16.8. The quantitative estimate of drug-likeness (QED) is 0.415. The van der Waals surface area contributed by atoms with Crippen LogP contribution in [-0.4, -0.2) is 43.6 Å². The normalized spacial score (nSPS) is 13.5. The van der Waals surface area contributed by atoms with Gasteiger partial charge in [-0.25, -0.2) is 5.43 Å². The SMILES string of the molecule is COc1ccc(OC)c(C=NNC(=O)C2C=CN(CC(=O)c3ccccc3)C=C2)c1. The lowest BCUT2D eigenvalue weighted by Gasteiger charge is -2.20. The molecule has 1 aliphatic heterocycles. The molecule has 1 aliphatic rings. The third kappa shape index (κ3) is 5.35. The summed E-state index contributed by atoms with van der Waals surface area (Å²) in [6, 6.07) is 14.4. The van der Waals surface area contributed by atoms with E-state index >= 15 is 0 Å². The predicted octanol–water partition coefficient (Wildman–Crippen LogP) is 3.00. The summed E-state index contributed by atoms with van der Waals surface area (Å²) in [7, 11) is 3.13. The van der Waals surface area contributed by atoms with E-state index in [9.17, 15) is 9.59 Å². The average molecular weight is 405 g/mol. The van der Waals surface area contributed by atoms with Gasteiger partial charge in [-0.3, -0.25) is 9.59 Å². The maximum absolute atomic E-state index is 12.3. The molecule has 30 heavy (non-hydrogen) atoms. The van der Waals surface area contributed by atoms with Crippen molar-refractivity contribution in [3.05, 3.63) is 84.2 Å². The number of benzene rings is 2. The topological polar surface area (TPSA) is 80.2 Å². The van der Waals surface area contributed by atoms with Gasteiger partial charge in [0, 0.05) is 23.5 Å². The first-order chi connectivity index (χ1) is 14.6. The van der Waals surface area contributed by atoms with Crippen LogP contribution in [0, 0.1) is 5.92 Å². The maximum atomic E-state index is 12.3. The number of nitrogens with one attached hydrogen (secondary N) is 1. The number of ether oxygens (including phenoxy) is 2. The molecule has 7 nitrogen and oxygen atoms in total. The van der Waals surface area contributed by atoms with Crippen molar-refractivity contribution >= 4 is 17.9 Å². The predicted molar refractivity (Wildman–Crippen MR) is 115 cm³/mol. The van der Waals surface area contributed by atoms with E-state index in [-0.39, 0.29) is 18.2 Å². The third-order valence-corrected chi connectivity index (χ3v) is 4.51. The molecule has 0 saturated carbocycles. The zero-order valence-corrected chi connectivity index (χ0v) is 16.8. The van der Waals surface area contributed by atoms with Crippen molar-refractivity contribution in [2.75, 3.05) is 20.8 Å². The van der Waals surface area contributed by atoms with Crippen molar-refractivity contribution in [2.45, 2.75) is 0 Å². The Balaban J connectivity index is 1.54. The number of methoxy groups -OCH3 is 2. The van der Waals surface area contributed by atoms with Crippen LogP contribution in [0.25, 0.3) is 0 Å². The highest BCUT2D eigenvalue weighted by Gasteiger charge is 2.17. The van der Waals surface area contributed by atoms with Gasteiger partial charge in [-0.2, -0.15) is 5.10 Å². The Morgan fingerprint density at radius 1 is 1.07 bits per heavy atom. The molecule has 1 heterocycles. The lowest BCUT2D eigenvalue weighted by atomic mass is 10.1. The van der Waals surface area contributed by atoms with Gasteiger partial charge in [-0.05, 0) is 18.2 Å². The van der Waals surface area contributed by atoms with Gasteiger partial charge in [0.2, 0.25) is 0 Å². The Morgan fingerprint density at radius 2 is 1.80 bits per heavy atom. The molecule has 0 spiro atoms. The van der Waals surface area contributed by atoms with Crippen LogP contribution in [0.15, 0.2) is 78.2 Å². The molecule has 0 bridgehead atoms. The van der Waals surface area contributed by atoms with E-state index in [0.29, 0.717) is 22.6 Å². The first-order valence-electron chi connectivity index (χ1n) is 9.36. The molecule has 2 aromatic carbocycles. The molecule has 154 valence electrons. The van der Waals surface area contributed by atoms with E-state index in [0.717, 1.165) is 0 Å². The van der Waals surface area contributed by atoms with E-state index < -0.39 is 5.92 Å². The molecule has 0 aromatic heterocycles. The van der Waals surface area contributed by atoms with E-state index in [1.807, 2.05) is 18.2 Å². The van der Waals surface area contributed by atoms with Crippen molar-refractivity contribution < 1.29 is 19.1 Å². The number of hydrogen-bond donors (Lipinski definition) is 1. The Hall–Kier alpha value is -3.87. The summed E-state index contributed by atoms with van der Waals surface area (Å²) in [6.45, 7) is 0.207. The molecule has 3 rings (SSSR count). The van der Waals surface area contributed by atoms with Gasteiger partial charge in [-0.15, -0.1) is 0 Å². The second kappa shape index (κ2) is 10.1. The van der Waals surface area contributed by atoms with Crippen molar-refractivity contribution in [2.24, 2.45) is 11.0 Å².